The van der Waals surface area contributed by atoms with Crippen molar-refractivity contribution in [3.8, 4) is 0 Å². The van der Waals surface area contributed by atoms with Crippen LogP contribution >= 0.6 is 0 Å². The molecule has 0 N–H and O–H groups in total. The first-order valence-electron chi connectivity index (χ1n) is 13.7. The molecule has 186 valence electrons. The first-order chi connectivity index (χ1) is 15.8. The van der Waals surface area contributed by atoms with E-state index in [1.165, 1.54) is 64.2 Å². The zero-order valence-corrected chi connectivity index (χ0v) is 22.4. The van der Waals surface area contributed by atoms with Gasteiger partial charge in [-0.15, -0.1) is 0 Å². The van der Waals surface area contributed by atoms with E-state index in [9.17, 15) is 0 Å². The van der Waals surface area contributed by atoms with Crippen LogP contribution < -0.4 is 0 Å². The van der Waals surface area contributed by atoms with E-state index in [2.05, 4.69) is 47.6 Å². The molecule has 3 heteroatoms. The summed E-state index contributed by atoms with van der Waals surface area (Å²) in [5.41, 5.74) is 3.03. The van der Waals surface area contributed by atoms with Crippen LogP contribution in [0.5, 0.6) is 0 Å². The molecule has 0 amide bonds. The molecule has 1 heterocycles. The molecule has 0 radical (unpaired) electrons. The molecule has 0 aliphatic carbocycles. The molecule has 33 heavy (non-hydrogen) atoms. The molecular formula is C30H49FN2. The summed E-state index contributed by atoms with van der Waals surface area (Å²) < 4.78 is 15.4. The van der Waals surface area contributed by atoms with Crippen molar-refractivity contribution in [3.63, 3.8) is 0 Å². The molecule has 1 unspecified atom stereocenters. The second-order valence-electron chi connectivity index (χ2n) is 11.1. The Morgan fingerprint density at radius 2 is 1.30 bits per heavy atom. The summed E-state index contributed by atoms with van der Waals surface area (Å²) >= 11 is 0. The van der Waals surface area contributed by atoms with Gasteiger partial charge in [0.25, 0.3) is 0 Å². The molecule has 1 aromatic carbocycles. The number of aromatic nitrogens is 2. The summed E-state index contributed by atoms with van der Waals surface area (Å²) in [4.78, 5) is 9.51. The Bertz CT molecular complexity index is 845. The van der Waals surface area contributed by atoms with E-state index >= 15 is 4.39 Å². The Morgan fingerprint density at radius 1 is 0.727 bits per heavy atom. The second-order valence-corrected chi connectivity index (χ2v) is 11.1. The number of benzene rings is 1. The third-order valence-electron chi connectivity index (χ3n) is 7.56. The lowest BCUT2D eigenvalue weighted by atomic mass is 9.74. The summed E-state index contributed by atoms with van der Waals surface area (Å²) in [6, 6.07) is 3.88. The zero-order chi connectivity index (χ0) is 24.3. The Balaban J connectivity index is 2.27. The van der Waals surface area contributed by atoms with Gasteiger partial charge in [0.2, 0.25) is 0 Å². The van der Waals surface area contributed by atoms with Crippen LogP contribution in [0.15, 0.2) is 18.3 Å². The maximum atomic E-state index is 15.4. The predicted octanol–water partition coefficient (Wildman–Crippen LogP) is 9.83. The van der Waals surface area contributed by atoms with Crippen LogP contribution in [0.25, 0.3) is 11.0 Å². The smallest absolute Gasteiger partial charge is 0.151 e. The van der Waals surface area contributed by atoms with Gasteiger partial charge in [0.15, 0.2) is 5.82 Å². The highest BCUT2D eigenvalue weighted by Gasteiger charge is 2.28. The van der Waals surface area contributed by atoms with Crippen LogP contribution in [0.3, 0.4) is 0 Å². The standard InChI is InChI=1S/C30H49FN2/c1-7-10-13-15-17-20-30(6,19-12-9-3)24-21-25(31)28-26(22-24)32-23-27(33-28)29(4,5)18-16-14-11-8-2/h21-23H,7-20H2,1-6H3. The fourth-order valence-corrected chi connectivity index (χ4v) is 4.97. The Hall–Kier alpha value is -1.51. The van der Waals surface area contributed by atoms with E-state index in [0.29, 0.717) is 11.0 Å². The van der Waals surface area contributed by atoms with Crippen molar-refractivity contribution >= 4 is 11.0 Å². The van der Waals surface area contributed by atoms with Gasteiger partial charge in [-0.05, 0) is 42.4 Å². The van der Waals surface area contributed by atoms with Crippen LogP contribution in [0.4, 0.5) is 4.39 Å². The van der Waals surface area contributed by atoms with E-state index in [4.69, 9.17) is 9.97 Å². The van der Waals surface area contributed by atoms with Crippen LogP contribution in [0, 0.1) is 5.82 Å². The number of hydrogen-bond acceptors (Lipinski definition) is 2. The first-order valence-corrected chi connectivity index (χ1v) is 13.7. The third kappa shape index (κ3) is 8.04. The molecule has 0 fully saturated rings. The van der Waals surface area contributed by atoms with Crippen molar-refractivity contribution < 1.29 is 4.39 Å². The summed E-state index contributed by atoms with van der Waals surface area (Å²) in [7, 11) is 0. The van der Waals surface area contributed by atoms with E-state index in [-0.39, 0.29) is 16.6 Å². The quantitative estimate of drug-likeness (QED) is 0.235. The van der Waals surface area contributed by atoms with Crippen LogP contribution in [0.2, 0.25) is 0 Å². The number of hydrogen-bond donors (Lipinski definition) is 0. The molecule has 1 aromatic heterocycles. The second kappa shape index (κ2) is 13.4. The molecule has 0 aliphatic heterocycles. The van der Waals surface area contributed by atoms with Gasteiger partial charge in [0, 0.05) is 11.6 Å². The molecule has 0 saturated carbocycles. The number of unbranched alkanes of at least 4 members (excludes halogenated alkanes) is 8. The number of rotatable bonds is 16. The van der Waals surface area contributed by atoms with E-state index in [1.807, 2.05) is 6.20 Å². The maximum absolute atomic E-state index is 15.4. The molecule has 0 saturated heterocycles. The fourth-order valence-electron chi connectivity index (χ4n) is 4.97. The highest BCUT2D eigenvalue weighted by molar-refractivity contribution is 5.76. The lowest BCUT2D eigenvalue weighted by Gasteiger charge is -2.31. The minimum absolute atomic E-state index is 0.00381. The van der Waals surface area contributed by atoms with Gasteiger partial charge in [0.1, 0.15) is 5.52 Å². The van der Waals surface area contributed by atoms with Gasteiger partial charge < -0.3 is 0 Å². The minimum Gasteiger partial charge on any atom is -0.253 e. The zero-order valence-electron chi connectivity index (χ0n) is 22.4. The molecule has 2 rings (SSSR count). The van der Waals surface area contributed by atoms with Crippen LogP contribution in [-0.4, -0.2) is 9.97 Å². The monoisotopic (exact) mass is 456 g/mol. The van der Waals surface area contributed by atoms with Gasteiger partial charge in [0.05, 0.1) is 11.2 Å². The molecular weight excluding hydrogens is 407 g/mol. The highest BCUT2D eigenvalue weighted by atomic mass is 19.1. The molecule has 2 nitrogen and oxygen atoms in total. The SMILES string of the molecule is CCCCCCCC(C)(CCCC)c1cc(F)c2nc(C(C)(C)CCCCCC)cnc2c1. The van der Waals surface area contributed by atoms with E-state index < -0.39 is 0 Å². The van der Waals surface area contributed by atoms with Crippen molar-refractivity contribution in [3.05, 3.63) is 35.4 Å². The Morgan fingerprint density at radius 3 is 1.97 bits per heavy atom. The number of halogens is 1. The summed E-state index contributed by atoms with van der Waals surface area (Å²) in [5.74, 6) is -0.215. The van der Waals surface area contributed by atoms with Crippen molar-refractivity contribution in [1.29, 1.82) is 0 Å². The van der Waals surface area contributed by atoms with Crippen molar-refractivity contribution in [1.82, 2.24) is 9.97 Å². The normalized spacial score (nSPS) is 14.0. The first kappa shape index (κ1) is 27.7. The summed E-state index contributed by atoms with van der Waals surface area (Å²) in [6.07, 6.45) is 18.8. The summed E-state index contributed by atoms with van der Waals surface area (Å²) in [5, 5.41) is 0. The van der Waals surface area contributed by atoms with Gasteiger partial charge in [-0.3, -0.25) is 4.98 Å². The number of fused-ring (bicyclic) bond motifs is 1. The molecule has 1 atom stereocenters. The third-order valence-corrected chi connectivity index (χ3v) is 7.56. The predicted molar refractivity (Wildman–Crippen MR) is 142 cm³/mol. The van der Waals surface area contributed by atoms with Gasteiger partial charge in [-0.25, -0.2) is 9.37 Å². The van der Waals surface area contributed by atoms with Crippen LogP contribution in [-0.2, 0) is 10.8 Å². The van der Waals surface area contributed by atoms with Crippen LogP contribution in [0.1, 0.15) is 143 Å². The average molecular weight is 457 g/mol. The summed E-state index contributed by atoms with van der Waals surface area (Å²) in [6.45, 7) is 13.5. The lowest BCUT2D eigenvalue weighted by molar-refractivity contribution is 0.367. The molecule has 0 bridgehead atoms. The largest absolute Gasteiger partial charge is 0.253 e. The Labute approximate surface area is 203 Å². The minimum atomic E-state index is -0.215. The fraction of sp³-hybridized carbons (Fsp3) is 0.733. The molecule has 0 spiro atoms. The van der Waals surface area contributed by atoms with Gasteiger partial charge >= 0.3 is 0 Å². The van der Waals surface area contributed by atoms with E-state index in [0.717, 1.165) is 36.9 Å². The topological polar surface area (TPSA) is 25.8 Å². The molecule has 0 aliphatic rings. The average Bonchev–Trinajstić information content (AvgIpc) is 2.80. The van der Waals surface area contributed by atoms with Crippen molar-refractivity contribution in [2.24, 2.45) is 0 Å². The van der Waals surface area contributed by atoms with Crippen molar-refractivity contribution in [2.75, 3.05) is 0 Å². The maximum Gasteiger partial charge on any atom is 0.151 e. The molecule has 2 aromatic rings. The number of nitrogens with zero attached hydrogens (tertiary/aromatic N) is 2. The van der Waals surface area contributed by atoms with Crippen molar-refractivity contribution in [2.45, 2.75) is 142 Å². The van der Waals surface area contributed by atoms with Gasteiger partial charge in [-0.1, -0.05) is 112 Å². The highest BCUT2D eigenvalue weighted by Crippen LogP contribution is 2.37. The van der Waals surface area contributed by atoms with E-state index in [1.54, 1.807) is 6.07 Å². The van der Waals surface area contributed by atoms with Gasteiger partial charge in [-0.2, -0.15) is 0 Å². The lowest BCUT2D eigenvalue weighted by Crippen LogP contribution is -2.23. The Kier molecular flexibility index (Phi) is 11.3.